The summed E-state index contributed by atoms with van der Waals surface area (Å²) < 4.78 is 16.2. The minimum Gasteiger partial charge on any atom is -0.497 e. The van der Waals surface area contributed by atoms with Gasteiger partial charge in [-0.3, -0.25) is 0 Å². The Bertz CT molecular complexity index is 489. The highest BCUT2D eigenvalue weighted by Gasteiger charge is 2.78. The van der Waals surface area contributed by atoms with Crippen molar-refractivity contribution < 1.29 is 19.0 Å². The molecule has 1 aromatic carbocycles. The maximum atomic E-state index is 12.3. The molecule has 2 aliphatic rings. The van der Waals surface area contributed by atoms with Gasteiger partial charge in [-0.2, -0.15) is 0 Å². The second-order valence-electron chi connectivity index (χ2n) is 5.08. The van der Waals surface area contributed by atoms with E-state index in [1.165, 1.54) is 0 Å². The molecule has 3 rings (SSSR count). The van der Waals surface area contributed by atoms with Gasteiger partial charge in [-0.05, 0) is 43.9 Å². The zero-order valence-corrected chi connectivity index (χ0v) is 11.3. The van der Waals surface area contributed by atoms with Crippen molar-refractivity contribution in [3.05, 3.63) is 29.8 Å². The monoisotopic (exact) mass is 262 g/mol. The number of hydrogen-bond acceptors (Lipinski definition) is 4. The second kappa shape index (κ2) is 4.23. The third kappa shape index (κ3) is 1.59. The molecule has 0 amide bonds. The number of benzene rings is 1. The molecule has 1 aliphatic carbocycles. The Hall–Kier alpha value is -1.55. The molecule has 1 aromatic rings. The lowest BCUT2D eigenvalue weighted by Crippen LogP contribution is -2.38. The van der Waals surface area contributed by atoms with Gasteiger partial charge in [0.15, 0.2) is 0 Å². The highest BCUT2D eigenvalue weighted by molar-refractivity contribution is 5.87. The molecule has 19 heavy (non-hydrogen) atoms. The van der Waals surface area contributed by atoms with Gasteiger partial charge in [0.05, 0.1) is 13.7 Å². The maximum Gasteiger partial charge on any atom is 0.346 e. The van der Waals surface area contributed by atoms with Crippen molar-refractivity contribution in [2.24, 2.45) is 0 Å². The summed E-state index contributed by atoms with van der Waals surface area (Å²) in [5.74, 6) is 0.505. The van der Waals surface area contributed by atoms with Gasteiger partial charge in [-0.15, -0.1) is 0 Å². The molecule has 0 aromatic heterocycles. The van der Waals surface area contributed by atoms with Gasteiger partial charge < -0.3 is 14.2 Å². The van der Waals surface area contributed by atoms with Crippen molar-refractivity contribution in [2.75, 3.05) is 13.7 Å². The first-order valence-electron chi connectivity index (χ1n) is 6.70. The number of esters is 1. The zero-order chi connectivity index (χ0) is 13.5. The zero-order valence-electron chi connectivity index (χ0n) is 11.3. The van der Waals surface area contributed by atoms with Gasteiger partial charge in [0.1, 0.15) is 11.4 Å². The first-order chi connectivity index (χ1) is 9.18. The molecule has 0 radical (unpaired) electrons. The lowest BCUT2D eigenvalue weighted by atomic mass is 9.73. The SMILES string of the molecule is CCOC(=O)C1(c2ccc(OC)cc2)OC12CCC2. The molecular weight excluding hydrogens is 244 g/mol. The Kier molecular flexibility index (Phi) is 2.78. The summed E-state index contributed by atoms with van der Waals surface area (Å²) in [6.45, 7) is 2.19. The minimum atomic E-state index is -0.881. The van der Waals surface area contributed by atoms with Crippen LogP contribution in [0.15, 0.2) is 24.3 Å². The number of carbonyl (C=O) groups excluding carboxylic acids is 1. The molecule has 2 fully saturated rings. The molecular formula is C15H18O4. The van der Waals surface area contributed by atoms with E-state index in [1.807, 2.05) is 31.2 Å². The molecule has 1 saturated heterocycles. The summed E-state index contributed by atoms with van der Waals surface area (Å²) in [6, 6.07) is 7.49. The number of methoxy groups -OCH3 is 1. The lowest BCUT2D eigenvalue weighted by molar-refractivity contribution is -0.150. The second-order valence-corrected chi connectivity index (χ2v) is 5.08. The molecule has 1 unspecified atom stereocenters. The Morgan fingerprint density at radius 2 is 2.00 bits per heavy atom. The van der Waals surface area contributed by atoms with Gasteiger partial charge in [-0.25, -0.2) is 4.79 Å². The number of carbonyl (C=O) groups is 1. The van der Waals surface area contributed by atoms with E-state index in [0.717, 1.165) is 30.6 Å². The first-order valence-corrected chi connectivity index (χ1v) is 6.70. The van der Waals surface area contributed by atoms with Gasteiger partial charge >= 0.3 is 5.97 Å². The lowest BCUT2D eigenvalue weighted by Gasteiger charge is -2.26. The molecule has 1 heterocycles. The van der Waals surface area contributed by atoms with Crippen molar-refractivity contribution in [2.45, 2.75) is 37.4 Å². The standard InChI is InChI=1S/C15H18O4/c1-3-18-13(16)15(14(19-15)9-4-10-14)11-5-7-12(17-2)8-6-11/h5-8H,3-4,9-10H2,1-2H3. The molecule has 0 N–H and O–H groups in total. The molecule has 0 bridgehead atoms. The predicted molar refractivity (Wildman–Crippen MR) is 69.0 cm³/mol. The Morgan fingerprint density at radius 1 is 1.32 bits per heavy atom. The summed E-state index contributed by atoms with van der Waals surface area (Å²) in [5.41, 5.74) is -0.326. The van der Waals surface area contributed by atoms with Crippen LogP contribution >= 0.6 is 0 Å². The van der Waals surface area contributed by atoms with E-state index in [0.29, 0.717) is 6.61 Å². The van der Waals surface area contributed by atoms with E-state index in [1.54, 1.807) is 7.11 Å². The van der Waals surface area contributed by atoms with E-state index in [9.17, 15) is 4.79 Å². The summed E-state index contributed by atoms with van der Waals surface area (Å²) in [5, 5.41) is 0. The molecule has 4 heteroatoms. The highest BCUT2D eigenvalue weighted by Crippen LogP contribution is 2.66. The Morgan fingerprint density at radius 3 is 2.42 bits per heavy atom. The topological polar surface area (TPSA) is 48.1 Å². The molecule has 1 atom stereocenters. The molecule has 1 saturated carbocycles. The fraction of sp³-hybridized carbons (Fsp3) is 0.533. The summed E-state index contributed by atoms with van der Waals surface area (Å²) in [7, 11) is 1.62. The van der Waals surface area contributed by atoms with Crippen molar-refractivity contribution in [1.29, 1.82) is 0 Å². The third-order valence-corrected chi connectivity index (χ3v) is 4.17. The molecule has 102 valence electrons. The van der Waals surface area contributed by atoms with Crippen molar-refractivity contribution >= 4 is 5.97 Å². The van der Waals surface area contributed by atoms with E-state index < -0.39 is 5.60 Å². The molecule has 1 spiro atoms. The number of epoxide rings is 1. The summed E-state index contributed by atoms with van der Waals surface area (Å²) in [4.78, 5) is 12.3. The summed E-state index contributed by atoms with van der Waals surface area (Å²) in [6.07, 6.45) is 2.97. The van der Waals surface area contributed by atoms with Crippen LogP contribution in [0.5, 0.6) is 5.75 Å². The number of ether oxygens (including phenoxy) is 3. The van der Waals surface area contributed by atoms with E-state index >= 15 is 0 Å². The van der Waals surface area contributed by atoms with Gasteiger partial charge in [0, 0.05) is 0 Å². The fourth-order valence-corrected chi connectivity index (χ4v) is 2.95. The Labute approximate surface area is 112 Å². The molecule has 4 nitrogen and oxygen atoms in total. The Balaban J connectivity index is 1.94. The average Bonchev–Trinajstić information content (AvgIpc) is 3.11. The van der Waals surface area contributed by atoms with Crippen molar-refractivity contribution in [1.82, 2.24) is 0 Å². The van der Waals surface area contributed by atoms with Gasteiger partial charge in [-0.1, -0.05) is 12.1 Å². The highest BCUT2D eigenvalue weighted by atomic mass is 16.7. The van der Waals surface area contributed by atoms with E-state index in [4.69, 9.17) is 14.2 Å². The van der Waals surface area contributed by atoms with Crippen LogP contribution in [0.25, 0.3) is 0 Å². The van der Waals surface area contributed by atoms with Crippen LogP contribution in [0.4, 0.5) is 0 Å². The van der Waals surface area contributed by atoms with Crippen LogP contribution < -0.4 is 4.74 Å². The quantitative estimate of drug-likeness (QED) is 0.617. The van der Waals surface area contributed by atoms with Crippen LogP contribution in [0.3, 0.4) is 0 Å². The minimum absolute atomic E-state index is 0.264. The van der Waals surface area contributed by atoms with Crippen molar-refractivity contribution in [3.8, 4) is 5.75 Å². The van der Waals surface area contributed by atoms with Gasteiger partial charge in [0.2, 0.25) is 5.60 Å². The van der Waals surface area contributed by atoms with Crippen LogP contribution in [0.1, 0.15) is 31.7 Å². The van der Waals surface area contributed by atoms with Crippen LogP contribution in [0.2, 0.25) is 0 Å². The van der Waals surface area contributed by atoms with Crippen LogP contribution in [0, 0.1) is 0 Å². The largest absolute Gasteiger partial charge is 0.497 e. The smallest absolute Gasteiger partial charge is 0.346 e. The third-order valence-electron chi connectivity index (χ3n) is 4.17. The number of hydrogen-bond donors (Lipinski definition) is 0. The summed E-state index contributed by atoms with van der Waals surface area (Å²) >= 11 is 0. The average molecular weight is 262 g/mol. The van der Waals surface area contributed by atoms with Crippen LogP contribution in [-0.4, -0.2) is 25.3 Å². The normalized spacial score (nSPS) is 26.6. The van der Waals surface area contributed by atoms with Gasteiger partial charge in [0.25, 0.3) is 0 Å². The van der Waals surface area contributed by atoms with Crippen LogP contribution in [-0.2, 0) is 19.9 Å². The maximum absolute atomic E-state index is 12.3. The van der Waals surface area contributed by atoms with E-state index in [-0.39, 0.29) is 11.6 Å². The van der Waals surface area contributed by atoms with Crippen molar-refractivity contribution in [3.63, 3.8) is 0 Å². The predicted octanol–water partition coefficient (Wildman–Crippen LogP) is 2.41. The molecule has 1 aliphatic heterocycles. The van der Waals surface area contributed by atoms with E-state index in [2.05, 4.69) is 0 Å². The fourth-order valence-electron chi connectivity index (χ4n) is 2.95. The number of rotatable bonds is 4. The first kappa shape index (κ1) is 12.5.